The van der Waals surface area contributed by atoms with Crippen LogP contribution < -0.4 is 0 Å². The van der Waals surface area contributed by atoms with Gasteiger partial charge in [0.05, 0.1) is 11.0 Å². The van der Waals surface area contributed by atoms with E-state index in [0.29, 0.717) is 0 Å². The van der Waals surface area contributed by atoms with Gasteiger partial charge in [0.15, 0.2) is 0 Å². The predicted molar refractivity (Wildman–Crippen MR) is 234 cm³/mol. The molecule has 0 saturated carbocycles. The SMILES string of the molecule is c1ccc(-n2c3ccc(-c4ccc5c(c4)-c4ccccc4-c4ccccc4-c4ccccc4-5)cc3c3cc(-c4ccc5oc6ccccc6c5c4)ccc32)cc1. The van der Waals surface area contributed by atoms with E-state index in [1.165, 1.54) is 88.6 Å². The van der Waals surface area contributed by atoms with Crippen LogP contribution >= 0.6 is 0 Å². The Morgan fingerprint density at radius 1 is 0.268 bits per heavy atom. The van der Waals surface area contributed by atoms with E-state index >= 15 is 0 Å². The summed E-state index contributed by atoms with van der Waals surface area (Å²) in [7, 11) is 0. The molecule has 0 saturated heterocycles. The Hall–Kier alpha value is -7.42. The summed E-state index contributed by atoms with van der Waals surface area (Å²) in [6.07, 6.45) is 0. The van der Waals surface area contributed by atoms with E-state index in [2.05, 4.69) is 193 Å². The Bertz CT molecular complexity index is 3360. The Labute approximate surface area is 324 Å². The number of hydrogen-bond acceptors (Lipinski definition) is 1. The second kappa shape index (κ2) is 12.0. The largest absolute Gasteiger partial charge is 0.456 e. The Kier molecular flexibility index (Phi) is 6.66. The molecule has 0 atom stereocenters. The molecule has 0 aliphatic heterocycles. The van der Waals surface area contributed by atoms with Crippen molar-refractivity contribution in [3.05, 3.63) is 200 Å². The third-order valence-electron chi connectivity index (χ3n) is 11.8. The lowest BCUT2D eigenvalue weighted by Crippen LogP contribution is -1.97. The third-order valence-corrected chi connectivity index (χ3v) is 11.8. The smallest absolute Gasteiger partial charge is 0.135 e. The number of furan rings is 1. The van der Waals surface area contributed by atoms with Gasteiger partial charge in [-0.05, 0) is 127 Å². The van der Waals surface area contributed by atoms with Crippen LogP contribution in [0.5, 0.6) is 0 Å². The van der Waals surface area contributed by atoms with Crippen molar-refractivity contribution in [3.63, 3.8) is 0 Å². The summed E-state index contributed by atoms with van der Waals surface area (Å²) in [4.78, 5) is 0. The van der Waals surface area contributed by atoms with E-state index in [0.717, 1.165) is 27.6 Å². The van der Waals surface area contributed by atoms with E-state index in [1.807, 2.05) is 12.1 Å². The summed E-state index contributed by atoms with van der Waals surface area (Å²) in [5, 5.41) is 4.73. The standard InChI is InChI=1S/C54H33NO/c1-2-12-38(13-3-1)55-51-27-23-35(31-48(51)49-32-36(24-28-52(49)55)37-25-29-54-50(33-37)46-20-10-11-21-53(46)56-54)34-22-26-45-43-18-7-6-16-41(43)39-14-4-5-15-40(39)42-17-8-9-19-44(42)47(45)30-34/h1-33H. The zero-order chi connectivity index (χ0) is 36.7. The molecule has 2 heterocycles. The first kappa shape index (κ1) is 31.0. The normalized spacial score (nSPS) is 11.9. The molecule has 1 aliphatic carbocycles. The van der Waals surface area contributed by atoms with Gasteiger partial charge in [0, 0.05) is 27.2 Å². The molecule has 260 valence electrons. The monoisotopic (exact) mass is 711 g/mol. The molecular weight excluding hydrogens is 679 g/mol. The summed E-state index contributed by atoms with van der Waals surface area (Å²) >= 11 is 0. The Balaban J connectivity index is 1.07. The van der Waals surface area contributed by atoms with Crippen LogP contribution in [0.4, 0.5) is 0 Å². The fourth-order valence-corrected chi connectivity index (χ4v) is 9.18. The van der Waals surface area contributed by atoms with Gasteiger partial charge in [-0.3, -0.25) is 0 Å². The van der Waals surface area contributed by atoms with Gasteiger partial charge in [-0.1, -0.05) is 140 Å². The molecule has 0 radical (unpaired) electrons. The summed E-state index contributed by atoms with van der Waals surface area (Å²) in [6, 6.07) is 73.1. The Morgan fingerprint density at radius 2 is 0.679 bits per heavy atom. The lowest BCUT2D eigenvalue weighted by molar-refractivity contribution is 0.669. The van der Waals surface area contributed by atoms with Gasteiger partial charge in [0.2, 0.25) is 0 Å². The molecule has 0 fully saturated rings. The molecule has 2 aromatic heterocycles. The topological polar surface area (TPSA) is 18.1 Å². The summed E-state index contributed by atoms with van der Waals surface area (Å²) < 4.78 is 8.57. The lowest BCUT2D eigenvalue weighted by Gasteiger charge is -2.23. The molecule has 9 aromatic carbocycles. The van der Waals surface area contributed by atoms with Gasteiger partial charge >= 0.3 is 0 Å². The maximum absolute atomic E-state index is 6.18. The van der Waals surface area contributed by atoms with E-state index in [9.17, 15) is 0 Å². The van der Waals surface area contributed by atoms with E-state index in [4.69, 9.17) is 4.42 Å². The minimum absolute atomic E-state index is 0.910. The van der Waals surface area contributed by atoms with Crippen LogP contribution in [0.15, 0.2) is 205 Å². The molecule has 56 heavy (non-hydrogen) atoms. The quantitative estimate of drug-likeness (QED) is 0.178. The molecule has 2 nitrogen and oxygen atoms in total. The number of fused-ring (bicyclic) bond motifs is 14. The van der Waals surface area contributed by atoms with Crippen LogP contribution in [0.1, 0.15) is 0 Å². The van der Waals surface area contributed by atoms with Crippen LogP contribution in [0.25, 0.3) is 116 Å². The highest BCUT2D eigenvalue weighted by molar-refractivity contribution is 6.13. The number of para-hydroxylation sites is 2. The zero-order valence-corrected chi connectivity index (χ0v) is 30.4. The maximum atomic E-state index is 6.18. The summed E-state index contributed by atoms with van der Waals surface area (Å²) in [6.45, 7) is 0. The maximum Gasteiger partial charge on any atom is 0.135 e. The number of rotatable bonds is 3. The van der Waals surface area contributed by atoms with Crippen molar-refractivity contribution >= 4 is 43.7 Å². The highest BCUT2D eigenvalue weighted by atomic mass is 16.3. The van der Waals surface area contributed by atoms with Crippen molar-refractivity contribution in [2.24, 2.45) is 0 Å². The molecule has 0 spiro atoms. The fraction of sp³-hybridized carbons (Fsp3) is 0. The average molecular weight is 712 g/mol. The van der Waals surface area contributed by atoms with Crippen molar-refractivity contribution in [1.29, 1.82) is 0 Å². The number of benzene rings is 9. The minimum Gasteiger partial charge on any atom is -0.456 e. The third kappa shape index (κ3) is 4.63. The van der Waals surface area contributed by atoms with Gasteiger partial charge in [-0.15, -0.1) is 0 Å². The predicted octanol–water partition coefficient (Wildman–Crippen LogP) is 15.0. The molecule has 0 bridgehead atoms. The van der Waals surface area contributed by atoms with Crippen molar-refractivity contribution in [3.8, 4) is 72.4 Å². The first-order valence-electron chi connectivity index (χ1n) is 19.3. The average Bonchev–Trinajstić information content (AvgIpc) is 3.81. The molecule has 0 N–H and O–H groups in total. The van der Waals surface area contributed by atoms with E-state index in [-0.39, 0.29) is 0 Å². The van der Waals surface area contributed by atoms with Gasteiger partial charge < -0.3 is 8.98 Å². The van der Waals surface area contributed by atoms with Crippen LogP contribution in [0.3, 0.4) is 0 Å². The second-order valence-electron chi connectivity index (χ2n) is 14.8. The highest BCUT2D eigenvalue weighted by Crippen LogP contribution is 2.49. The zero-order valence-electron chi connectivity index (χ0n) is 30.4. The number of hydrogen-bond donors (Lipinski definition) is 0. The molecule has 0 amide bonds. The van der Waals surface area contributed by atoms with E-state index < -0.39 is 0 Å². The van der Waals surface area contributed by atoms with Crippen molar-refractivity contribution in [1.82, 2.24) is 4.57 Å². The first-order valence-corrected chi connectivity index (χ1v) is 19.3. The van der Waals surface area contributed by atoms with Crippen LogP contribution in [0.2, 0.25) is 0 Å². The number of nitrogens with zero attached hydrogens (tertiary/aromatic N) is 1. The van der Waals surface area contributed by atoms with Crippen LogP contribution in [-0.2, 0) is 0 Å². The highest BCUT2D eigenvalue weighted by Gasteiger charge is 2.22. The van der Waals surface area contributed by atoms with Gasteiger partial charge in [0.1, 0.15) is 11.2 Å². The van der Waals surface area contributed by atoms with Gasteiger partial charge in [0.25, 0.3) is 0 Å². The molecule has 11 aromatic rings. The molecule has 2 heteroatoms. The van der Waals surface area contributed by atoms with Gasteiger partial charge in [-0.2, -0.15) is 0 Å². The van der Waals surface area contributed by atoms with Crippen molar-refractivity contribution in [2.45, 2.75) is 0 Å². The summed E-state index contributed by atoms with van der Waals surface area (Å²) in [5.41, 5.74) is 20.1. The van der Waals surface area contributed by atoms with Crippen molar-refractivity contribution < 1.29 is 4.42 Å². The fourth-order valence-electron chi connectivity index (χ4n) is 9.18. The molecule has 12 rings (SSSR count). The first-order chi connectivity index (χ1) is 27.8. The minimum atomic E-state index is 0.910. The van der Waals surface area contributed by atoms with E-state index in [1.54, 1.807) is 0 Å². The number of aromatic nitrogens is 1. The summed E-state index contributed by atoms with van der Waals surface area (Å²) in [5.74, 6) is 0. The van der Waals surface area contributed by atoms with Crippen molar-refractivity contribution in [2.75, 3.05) is 0 Å². The lowest BCUT2D eigenvalue weighted by atomic mass is 9.80. The molecule has 1 aliphatic rings. The van der Waals surface area contributed by atoms with Crippen LogP contribution in [0, 0.1) is 0 Å². The van der Waals surface area contributed by atoms with Crippen LogP contribution in [-0.4, -0.2) is 4.57 Å². The molecule has 0 unspecified atom stereocenters. The molecular formula is C54H33NO. The second-order valence-corrected chi connectivity index (χ2v) is 14.8. The Morgan fingerprint density at radius 3 is 1.27 bits per heavy atom. The van der Waals surface area contributed by atoms with Gasteiger partial charge in [-0.25, -0.2) is 0 Å².